The minimum absolute atomic E-state index is 0.159. The van der Waals surface area contributed by atoms with Crippen LogP contribution >= 0.6 is 0 Å². The first-order chi connectivity index (χ1) is 8.24. The minimum Gasteiger partial charge on any atom is -0.384 e. The number of ether oxygens (including phenoxy) is 1. The molecule has 0 aromatic heterocycles. The summed E-state index contributed by atoms with van der Waals surface area (Å²) >= 11 is 0. The van der Waals surface area contributed by atoms with Gasteiger partial charge in [0.15, 0.2) is 0 Å². The van der Waals surface area contributed by atoms with E-state index in [9.17, 15) is 4.79 Å². The number of para-hydroxylation sites is 1. The number of hydrogen-bond acceptors (Lipinski definition) is 2. The van der Waals surface area contributed by atoms with E-state index in [1.165, 1.54) is 5.56 Å². The molecule has 1 aromatic carbocycles. The summed E-state index contributed by atoms with van der Waals surface area (Å²) in [6.45, 7) is 2.60. The number of fused-ring (bicyclic) bond motifs is 1. The zero-order chi connectivity index (χ0) is 12.3. The Bertz CT molecular complexity index is 403. The van der Waals surface area contributed by atoms with Crippen molar-refractivity contribution >= 4 is 11.6 Å². The van der Waals surface area contributed by atoms with Crippen molar-refractivity contribution in [3.05, 3.63) is 29.8 Å². The summed E-state index contributed by atoms with van der Waals surface area (Å²) in [5.74, 6) is 0.159. The van der Waals surface area contributed by atoms with E-state index in [2.05, 4.69) is 13.0 Å². The number of aryl methyl sites for hydroxylation is 1. The van der Waals surface area contributed by atoms with Crippen molar-refractivity contribution in [1.29, 1.82) is 0 Å². The van der Waals surface area contributed by atoms with Gasteiger partial charge in [-0.05, 0) is 31.4 Å². The molecule has 1 aliphatic heterocycles. The average Bonchev–Trinajstić information content (AvgIpc) is 2.35. The number of nitrogens with zero attached hydrogens (tertiary/aromatic N) is 1. The fraction of sp³-hybridized carbons (Fsp3) is 0.500. The molecule has 1 aromatic rings. The Morgan fingerprint density at radius 3 is 3.00 bits per heavy atom. The smallest absolute Gasteiger partial charge is 0.229 e. The van der Waals surface area contributed by atoms with Crippen molar-refractivity contribution in [3.8, 4) is 0 Å². The molecule has 3 nitrogen and oxygen atoms in total. The van der Waals surface area contributed by atoms with Crippen LogP contribution in [0, 0.1) is 0 Å². The maximum Gasteiger partial charge on any atom is 0.229 e. The first-order valence-corrected chi connectivity index (χ1v) is 6.13. The largest absolute Gasteiger partial charge is 0.384 e. The molecule has 0 saturated heterocycles. The molecule has 1 heterocycles. The van der Waals surface area contributed by atoms with Gasteiger partial charge in [-0.15, -0.1) is 0 Å². The normalized spacial score (nSPS) is 18.9. The van der Waals surface area contributed by atoms with Gasteiger partial charge < -0.3 is 9.64 Å². The number of carbonyl (C=O) groups excluding carboxylic acids is 1. The van der Waals surface area contributed by atoms with E-state index in [-0.39, 0.29) is 11.9 Å². The zero-order valence-corrected chi connectivity index (χ0v) is 10.5. The molecule has 1 aliphatic rings. The summed E-state index contributed by atoms with van der Waals surface area (Å²) in [6.07, 6.45) is 2.55. The maximum absolute atomic E-state index is 12.2. The maximum atomic E-state index is 12.2. The van der Waals surface area contributed by atoms with Crippen molar-refractivity contribution in [2.45, 2.75) is 32.2 Å². The van der Waals surface area contributed by atoms with Crippen molar-refractivity contribution in [1.82, 2.24) is 0 Å². The topological polar surface area (TPSA) is 29.5 Å². The fourth-order valence-corrected chi connectivity index (χ4v) is 2.38. The standard InChI is InChI=1S/C14H19NO2/c1-11-7-8-12-5-3-4-6-13(12)15(11)14(16)9-10-17-2/h3-6,11H,7-10H2,1-2H3. The van der Waals surface area contributed by atoms with E-state index in [1.807, 2.05) is 23.1 Å². The van der Waals surface area contributed by atoms with Crippen molar-refractivity contribution < 1.29 is 9.53 Å². The Balaban J connectivity index is 2.23. The third-order valence-electron chi connectivity index (χ3n) is 3.31. The molecule has 0 bridgehead atoms. The van der Waals surface area contributed by atoms with Crippen LogP contribution in [-0.2, 0) is 16.0 Å². The molecule has 92 valence electrons. The number of hydrogen-bond donors (Lipinski definition) is 0. The van der Waals surface area contributed by atoms with Gasteiger partial charge >= 0.3 is 0 Å². The summed E-state index contributed by atoms with van der Waals surface area (Å²) < 4.78 is 4.98. The second kappa shape index (κ2) is 5.32. The predicted molar refractivity (Wildman–Crippen MR) is 68.2 cm³/mol. The quantitative estimate of drug-likeness (QED) is 0.802. The Morgan fingerprint density at radius 2 is 2.24 bits per heavy atom. The molecule has 1 amide bonds. The van der Waals surface area contributed by atoms with E-state index >= 15 is 0 Å². The highest BCUT2D eigenvalue weighted by atomic mass is 16.5. The van der Waals surface area contributed by atoms with Gasteiger partial charge in [0.1, 0.15) is 0 Å². The molecule has 3 heteroatoms. The van der Waals surface area contributed by atoms with E-state index in [0.717, 1.165) is 18.5 Å². The van der Waals surface area contributed by atoms with Crippen molar-refractivity contribution in [2.75, 3.05) is 18.6 Å². The first kappa shape index (κ1) is 12.1. The second-order valence-corrected chi connectivity index (χ2v) is 4.52. The number of anilines is 1. The Morgan fingerprint density at radius 1 is 1.47 bits per heavy atom. The van der Waals surface area contributed by atoms with Crippen LogP contribution in [0.15, 0.2) is 24.3 Å². The molecule has 0 spiro atoms. The van der Waals surface area contributed by atoms with E-state index in [1.54, 1.807) is 7.11 Å². The molecule has 17 heavy (non-hydrogen) atoms. The molecular weight excluding hydrogens is 214 g/mol. The number of carbonyl (C=O) groups is 1. The van der Waals surface area contributed by atoms with Gasteiger partial charge in [0.05, 0.1) is 13.0 Å². The fourth-order valence-electron chi connectivity index (χ4n) is 2.38. The Labute approximate surface area is 102 Å². The van der Waals surface area contributed by atoms with E-state index in [4.69, 9.17) is 4.74 Å². The number of rotatable bonds is 3. The summed E-state index contributed by atoms with van der Waals surface area (Å²) in [7, 11) is 1.63. The average molecular weight is 233 g/mol. The van der Waals surface area contributed by atoms with Gasteiger partial charge in [0.2, 0.25) is 5.91 Å². The van der Waals surface area contributed by atoms with Crippen molar-refractivity contribution in [3.63, 3.8) is 0 Å². The highest BCUT2D eigenvalue weighted by molar-refractivity contribution is 5.95. The van der Waals surface area contributed by atoms with Crippen molar-refractivity contribution in [2.24, 2.45) is 0 Å². The zero-order valence-electron chi connectivity index (χ0n) is 10.5. The van der Waals surface area contributed by atoms with Crippen LogP contribution in [-0.4, -0.2) is 25.7 Å². The van der Waals surface area contributed by atoms with Gasteiger partial charge in [-0.2, -0.15) is 0 Å². The van der Waals surface area contributed by atoms with Crippen LogP contribution in [0.2, 0.25) is 0 Å². The van der Waals surface area contributed by atoms with Crippen LogP contribution < -0.4 is 4.90 Å². The summed E-state index contributed by atoms with van der Waals surface area (Å²) in [5, 5.41) is 0. The van der Waals surface area contributed by atoms with Gasteiger partial charge in [-0.3, -0.25) is 4.79 Å². The van der Waals surface area contributed by atoms with E-state index in [0.29, 0.717) is 13.0 Å². The van der Waals surface area contributed by atoms with Crippen LogP contribution in [0.4, 0.5) is 5.69 Å². The highest BCUT2D eigenvalue weighted by Gasteiger charge is 2.27. The van der Waals surface area contributed by atoms with Crippen LogP contribution in [0.1, 0.15) is 25.3 Å². The first-order valence-electron chi connectivity index (χ1n) is 6.13. The van der Waals surface area contributed by atoms with Gasteiger partial charge in [-0.25, -0.2) is 0 Å². The van der Waals surface area contributed by atoms with Gasteiger partial charge in [0.25, 0.3) is 0 Å². The predicted octanol–water partition coefficient (Wildman–Crippen LogP) is 2.39. The molecular formula is C14H19NO2. The summed E-state index contributed by atoms with van der Waals surface area (Å²) in [4.78, 5) is 14.1. The summed E-state index contributed by atoms with van der Waals surface area (Å²) in [6, 6.07) is 8.46. The molecule has 0 aliphatic carbocycles. The lowest BCUT2D eigenvalue weighted by molar-refractivity contribution is -0.120. The number of amides is 1. The molecule has 2 rings (SSSR count). The number of methoxy groups -OCH3 is 1. The van der Waals surface area contributed by atoms with Crippen LogP contribution in [0.3, 0.4) is 0 Å². The SMILES string of the molecule is COCCC(=O)N1c2ccccc2CCC1C. The van der Waals surface area contributed by atoms with Crippen LogP contribution in [0.25, 0.3) is 0 Å². The lowest BCUT2D eigenvalue weighted by Gasteiger charge is -2.35. The monoisotopic (exact) mass is 233 g/mol. The molecule has 0 fully saturated rings. The Kier molecular flexibility index (Phi) is 3.79. The lowest BCUT2D eigenvalue weighted by Crippen LogP contribution is -2.42. The third-order valence-corrected chi connectivity index (χ3v) is 3.31. The van der Waals surface area contributed by atoms with Crippen LogP contribution in [0.5, 0.6) is 0 Å². The van der Waals surface area contributed by atoms with E-state index < -0.39 is 0 Å². The van der Waals surface area contributed by atoms with Gasteiger partial charge in [-0.1, -0.05) is 18.2 Å². The summed E-state index contributed by atoms with van der Waals surface area (Å²) in [5.41, 5.74) is 2.35. The minimum atomic E-state index is 0.159. The van der Waals surface area contributed by atoms with Gasteiger partial charge in [0, 0.05) is 18.8 Å². The molecule has 0 N–H and O–H groups in total. The molecule has 0 radical (unpaired) electrons. The lowest BCUT2D eigenvalue weighted by atomic mass is 9.96. The molecule has 1 atom stereocenters. The number of benzene rings is 1. The highest BCUT2D eigenvalue weighted by Crippen LogP contribution is 2.30. The second-order valence-electron chi connectivity index (χ2n) is 4.52. The molecule has 1 unspecified atom stereocenters. The Hall–Kier alpha value is -1.35. The molecule has 0 saturated carbocycles. The third kappa shape index (κ3) is 2.50.